The second kappa shape index (κ2) is 20.5. The van der Waals surface area contributed by atoms with E-state index < -0.39 is 53.9 Å². The molecule has 0 amide bonds. The number of aryl methyl sites for hydroxylation is 1. The van der Waals surface area contributed by atoms with Crippen molar-refractivity contribution in [2.24, 2.45) is 0 Å². The Kier molecular flexibility index (Phi) is 15.2. The Morgan fingerprint density at radius 1 is 0.712 bits per heavy atom. The first kappa shape index (κ1) is 43.8. The molecular formula is C48H49BrO9S. The summed E-state index contributed by atoms with van der Waals surface area (Å²) in [5.74, 6) is -1.78. The zero-order valence-corrected chi connectivity index (χ0v) is 36.2. The van der Waals surface area contributed by atoms with E-state index in [0.717, 1.165) is 31.6 Å². The quantitative estimate of drug-likeness (QED) is 0.0745. The lowest BCUT2D eigenvalue weighted by Gasteiger charge is -2.47. The van der Waals surface area contributed by atoms with Crippen molar-refractivity contribution in [3.05, 3.63) is 171 Å². The van der Waals surface area contributed by atoms with E-state index in [9.17, 15) is 14.4 Å². The lowest BCUT2D eigenvalue weighted by molar-refractivity contribution is -0.252. The van der Waals surface area contributed by atoms with Crippen molar-refractivity contribution in [2.45, 2.75) is 94.1 Å². The van der Waals surface area contributed by atoms with Gasteiger partial charge < -0.3 is 28.4 Å². The molecule has 0 N–H and O–H groups in total. The molecular weight excluding hydrogens is 832 g/mol. The SMILES string of the molecule is CC(=O)O[C@@H]1C(Sc2cc(C(C)(C)C)ccc2C)O[C@H]([C@H](COC(=O)c2ccccc2)OCc2ccccc2)[C@@H](OCc2ccc(Br)cc2)[C@@H]1OC(=O)c1ccccc1. The summed E-state index contributed by atoms with van der Waals surface area (Å²) in [6.45, 7) is 9.70. The Labute approximate surface area is 358 Å². The number of carbonyl (C=O) groups is 3. The maximum absolute atomic E-state index is 14.1. The van der Waals surface area contributed by atoms with E-state index in [0.29, 0.717) is 11.1 Å². The molecule has 59 heavy (non-hydrogen) atoms. The summed E-state index contributed by atoms with van der Waals surface area (Å²) in [7, 11) is 0. The largest absolute Gasteiger partial charge is 0.459 e. The zero-order chi connectivity index (χ0) is 41.9. The highest BCUT2D eigenvalue weighted by Crippen LogP contribution is 2.41. The van der Waals surface area contributed by atoms with Gasteiger partial charge in [0.2, 0.25) is 0 Å². The minimum atomic E-state index is -1.21. The minimum Gasteiger partial charge on any atom is -0.459 e. The molecule has 5 aromatic rings. The van der Waals surface area contributed by atoms with Crippen molar-refractivity contribution >= 4 is 45.6 Å². The average Bonchev–Trinajstić information content (AvgIpc) is 3.23. The van der Waals surface area contributed by atoms with Crippen molar-refractivity contribution in [1.82, 2.24) is 0 Å². The van der Waals surface area contributed by atoms with E-state index in [-0.39, 0.29) is 25.2 Å². The van der Waals surface area contributed by atoms with Gasteiger partial charge in [0.1, 0.15) is 30.4 Å². The van der Waals surface area contributed by atoms with E-state index in [2.05, 4.69) is 54.9 Å². The predicted octanol–water partition coefficient (Wildman–Crippen LogP) is 10.1. The number of esters is 3. The van der Waals surface area contributed by atoms with Crippen molar-refractivity contribution < 1.29 is 42.8 Å². The lowest BCUT2D eigenvalue weighted by atomic mass is 9.87. The topological polar surface area (TPSA) is 107 Å². The minimum absolute atomic E-state index is 0.0732. The smallest absolute Gasteiger partial charge is 0.338 e. The number of hydrogen-bond donors (Lipinski definition) is 0. The first-order valence-corrected chi connectivity index (χ1v) is 21.1. The third kappa shape index (κ3) is 12.1. The van der Waals surface area contributed by atoms with Crippen LogP contribution in [0.15, 0.2) is 143 Å². The van der Waals surface area contributed by atoms with Gasteiger partial charge >= 0.3 is 17.9 Å². The second-order valence-corrected chi connectivity index (χ2v) is 17.4. The first-order valence-electron chi connectivity index (χ1n) is 19.5. The van der Waals surface area contributed by atoms with Gasteiger partial charge in [-0.25, -0.2) is 9.59 Å². The van der Waals surface area contributed by atoms with Crippen LogP contribution in [0.1, 0.15) is 70.7 Å². The molecule has 1 aliphatic rings. The zero-order valence-electron chi connectivity index (χ0n) is 33.7. The van der Waals surface area contributed by atoms with E-state index in [1.165, 1.54) is 18.7 Å². The van der Waals surface area contributed by atoms with Crippen molar-refractivity contribution in [3.63, 3.8) is 0 Å². The summed E-state index contributed by atoms with van der Waals surface area (Å²) >= 11 is 4.86. The number of benzene rings is 5. The molecule has 0 saturated carbocycles. The molecule has 6 atom stereocenters. The van der Waals surface area contributed by atoms with Crippen LogP contribution >= 0.6 is 27.7 Å². The van der Waals surface area contributed by atoms with Crippen LogP contribution < -0.4 is 0 Å². The molecule has 0 aromatic heterocycles. The van der Waals surface area contributed by atoms with E-state index >= 15 is 0 Å². The molecule has 9 nitrogen and oxygen atoms in total. The van der Waals surface area contributed by atoms with Gasteiger partial charge in [0, 0.05) is 16.3 Å². The normalized spacial score (nSPS) is 19.7. The van der Waals surface area contributed by atoms with Crippen LogP contribution in [0.25, 0.3) is 0 Å². The molecule has 0 bridgehead atoms. The van der Waals surface area contributed by atoms with Gasteiger partial charge in [0.25, 0.3) is 0 Å². The number of rotatable bonds is 15. The fraction of sp³-hybridized carbons (Fsp3) is 0.312. The van der Waals surface area contributed by atoms with Gasteiger partial charge in [-0.2, -0.15) is 0 Å². The van der Waals surface area contributed by atoms with Crippen LogP contribution in [0.4, 0.5) is 0 Å². The van der Waals surface area contributed by atoms with Gasteiger partial charge in [-0.15, -0.1) is 0 Å². The maximum atomic E-state index is 14.1. The molecule has 1 unspecified atom stereocenters. The average molecular weight is 882 g/mol. The molecule has 1 saturated heterocycles. The summed E-state index contributed by atoms with van der Waals surface area (Å²) in [6.07, 6.45) is -5.43. The van der Waals surface area contributed by atoms with Crippen molar-refractivity contribution in [2.75, 3.05) is 6.61 Å². The Morgan fingerprint density at radius 3 is 1.92 bits per heavy atom. The summed E-state index contributed by atoms with van der Waals surface area (Å²) < 4.78 is 39.8. The third-order valence-corrected chi connectivity index (χ3v) is 11.6. The monoisotopic (exact) mass is 880 g/mol. The fourth-order valence-corrected chi connectivity index (χ4v) is 8.05. The van der Waals surface area contributed by atoms with Crippen LogP contribution in [0, 0.1) is 6.92 Å². The van der Waals surface area contributed by atoms with Gasteiger partial charge in [0.15, 0.2) is 12.2 Å². The van der Waals surface area contributed by atoms with Crippen LogP contribution in [-0.2, 0) is 51.8 Å². The Balaban J connectivity index is 1.46. The number of carbonyl (C=O) groups excluding carboxylic acids is 3. The first-order chi connectivity index (χ1) is 28.4. The number of thioether (sulfide) groups is 1. The van der Waals surface area contributed by atoms with Crippen molar-refractivity contribution in [3.8, 4) is 0 Å². The third-order valence-electron chi connectivity index (χ3n) is 9.80. The summed E-state index contributed by atoms with van der Waals surface area (Å²) in [5.41, 5.74) is 3.35. The molecule has 0 radical (unpaired) electrons. The summed E-state index contributed by atoms with van der Waals surface area (Å²) in [6, 6.07) is 40.8. The molecule has 0 aliphatic carbocycles. The molecule has 5 aromatic carbocycles. The maximum Gasteiger partial charge on any atom is 0.338 e. The van der Waals surface area contributed by atoms with Crippen LogP contribution in [0.2, 0.25) is 0 Å². The van der Waals surface area contributed by atoms with E-state index in [1.54, 1.807) is 54.6 Å². The highest BCUT2D eigenvalue weighted by atomic mass is 79.9. The number of ether oxygens (including phenoxy) is 6. The molecule has 1 fully saturated rings. The Morgan fingerprint density at radius 2 is 1.31 bits per heavy atom. The fourth-order valence-electron chi connectivity index (χ4n) is 6.56. The van der Waals surface area contributed by atoms with Gasteiger partial charge in [-0.05, 0) is 77.1 Å². The lowest BCUT2D eigenvalue weighted by Crippen LogP contribution is -2.63. The predicted molar refractivity (Wildman–Crippen MR) is 230 cm³/mol. The van der Waals surface area contributed by atoms with E-state index in [1.807, 2.05) is 67.6 Å². The molecule has 308 valence electrons. The van der Waals surface area contributed by atoms with Crippen LogP contribution in [0.5, 0.6) is 0 Å². The second-order valence-electron chi connectivity index (χ2n) is 15.3. The highest BCUT2D eigenvalue weighted by Gasteiger charge is 2.54. The van der Waals surface area contributed by atoms with Crippen LogP contribution in [-0.4, -0.2) is 60.5 Å². The number of hydrogen-bond acceptors (Lipinski definition) is 10. The van der Waals surface area contributed by atoms with E-state index in [4.69, 9.17) is 28.4 Å². The molecule has 1 heterocycles. The molecule has 1 aliphatic heterocycles. The van der Waals surface area contributed by atoms with Crippen LogP contribution in [0.3, 0.4) is 0 Å². The van der Waals surface area contributed by atoms with Crippen molar-refractivity contribution in [1.29, 1.82) is 0 Å². The Hall–Kier alpha value is -4.78. The molecule has 6 rings (SSSR count). The number of halogens is 1. The molecule has 11 heteroatoms. The standard InChI is InChI=1S/C48H49BrO9S/c1-31-21-24-37(48(3,4)5)27-40(31)59-47-44(56-32(2)50)43(57-46(52)36-19-13-8-14-20-36)42(54-29-34-22-25-38(49)26-23-34)41(58-47)39(53-28-33-15-9-6-10-16-33)30-55-45(51)35-17-11-7-12-18-35/h6-27,39,41-44,47H,28-30H2,1-5H3/t39-,41+,42+,43-,44-,47?/m0/s1. The molecule has 0 spiro atoms. The van der Waals surface area contributed by atoms with Gasteiger partial charge in [0.05, 0.1) is 24.3 Å². The van der Waals surface area contributed by atoms with Gasteiger partial charge in [-0.1, -0.05) is 139 Å². The summed E-state index contributed by atoms with van der Waals surface area (Å²) in [4.78, 5) is 41.4. The summed E-state index contributed by atoms with van der Waals surface area (Å²) in [5, 5.41) is 0. The highest BCUT2D eigenvalue weighted by molar-refractivity contribution is 9.10. The Bertz CT molecular complexity index is 2140. The van der Waals surface area contributed by atoms with Gasteiger partial charge in [-0.3, -0.25) is 4.79 Å².